The Kier molecular flexibility index (Phi) is 30.0. The Bertz CT molecular complexity index is 2120. The number of hydrogen-bond donors (Lipinski definition) is 3. The van der Waals surface area contributed by atoms with Crippen LogP contribution in [0.4, 0.5) is 0 Å². The zero-order valence-corrected chi connectivity index (χ0v) is 55.8. The van der Waals surface area contributed by atoms with Gasteiger partial charge in [0, 0.05) is 42.6 Å². The first-order valence-electron chi connectivity index (χ1n) is 22.1. The van der Waals surface area contributed by atoms with Gasteiger partial charge in [0.1, 0.15) is 0 Å². The van der Waals surface area contributed by atoms with E-state index in [-0.39, 0.29) is 60.6 Å². The van der Waals surface area contributed by atoms with Gasteiger partial charge in [0.2, 0.25) is 0 Å². The van der Waals surface area contributed by atoms with Gasteiger partial charge >= 0.3 is 136 Å². The molecule has 1 saturated heterocycles. The van der Waals surface area contributed by atoms with Crippen LogP contribution in [0, 0.1) is 11.8 Å². The molecule has 4 aromatic rings. The molecule has 1 amide bonds. The first-order valence-corrected chi connectivity index (χ1v) is 72.3. The van der Waals surface area contributed by atoms with E-state index in [9.17, 15) is 29.4 Å². The van der Waals surface area contributed by atoms with Crippen molar-refractivity contribution in [3.05, 3.63) is 142 Å². The van der Waals surface area contributed by atoms with Crippen LogP contribution in [0.15, 0.2) is 97.1 Å². The Morgan fingerprint density at radius 2 is 0.955 bits per heavy atom. The molecule has 2 atom stereocenters. The van der Waals surface area contributed by atoms with Gasteiger partial charge in [-0.15, -0.1) is 0 Å². The van der Waals surface area contributed by atoms with E-state index < -0.39 is 18.2 Å². The van der Waals surface area contributed by atoms with Crippen molar-refractivity contribution in [3.63, 3.8) is 0 Å². The van der Waals surface area contributed by atoms with Crippen molar-refractivity contribution in [2.45, 2.75) is 116 Å². The fraction of sp³-hybridized carbons (Fsp3) is 0.440. The van der Waals surface area contributed by atoms with Gasteiger partial charge in [-0.2, -0.15) is 0 Å². The number of aliphatic hydroxyl groups excluding tert-OH is 2. The third-order valence-electron chi connectivity index (χ3n) is 12.3. The summed E-state index contributed by atoms with van der Waals surface area (Å²) in [4.78, 5) is 50.0. The van der Waals surface area contributed by atoms with Gasteiger partial charge in [-0.3, -0.25) is 14.4 Å². The summed E-state index contributed by atoms with van der Waals surface area (Å²) < 4.78 is 0. The molecule has 3 aliphatic rings. The quantitative estimate of drug-likeness (QED) is 0.0629. The number of piperidine rings is 1. The van der Waals surface area contributed by atoms with E-state index >= 15 is 0 Å². The average Bonchev–Trinajstić information content (AvgIpc) is 3.97. The molecule has 0 saturated carbocycles. The Hall–Kier alpha value is 1.65. The van der Waals surface area contributed by atoms with E-state index in [2.05, 4.69) is 142 Å². The minimum atomic E-state index is -1.01. The van der Waals surface area contributed by atoms with Gasteiger partial charge in [0.25, 0.3) is 5.91 Å². The number of nitrogens with zero attached hydrogens (tertiary/aromatic N) is 1. The normalized spacial score (nSPS) is 15.9. The molecule has 67 heavy (non-hydrogen) atoms. The number of carboxylic acids is 1. The smallest absolute Gasteiger partial charge is 0.335 e. The van der Waals surface area contributed by atoms with Crippen molar-refractivity contribution in [1.82, 2.24) is 4.90 Å². The summed E-state index contributed by atoms with van der Waals surface area (Å²) >= 11 is 14.6. The molecule has 372 valence electrons. The number of ketones is 2. The van der Waals surface area contributed by atoms with Crippen LogP contribution in [0.5, 0.6) is 0 Å². The molecule has 0 bridgehead atoms. The summed E-state index contributed by atoms with van der Waals surface area (Å²) in [6.45, 7) is 1.65. The molecular weight excluding hydrogens is 1870 g/mol. The summed E-state index contributed by atoms with van der Waals surface area (Å²) in [5.41, 5.74) is 7.66. The molecule has 7 rings (SSSR count). The minimum absolute atomic E-state index is 0. The van der Waals surface area contributed by atoms with Gasteiger partial charge in [0.15, 0.2) is 11.6 Å². The predicted molar refractivity (Wildman–Crippen MR) is 341 cm³/mol. The van der Waals surface area contributed by atoms with Gasteiger partial charge < -0.3 is 20.2 Å². The Morgan fingerprint density at radius 3 is 1.30 bits per heavy atom. The predicted octanol–water partition coefficient (Wildman–Crippen LogP) is 13.5. The zero-order valence-electron chi connectivity index (χ0n) is 36.4. The second kappa shape index (κ2) is 32.8. The van der Waals surface area contributed by atoms with E-state index in [0.717, 1.165) is 70.9 Å². The van der Waals surface area contributed by atoms with Gasteiger partial charge in [-0.1, -0.05) is 80.2 Å². The third-order valence-corrected chi connectivity index (χ3v) is 425. The Labute approximate surface area is 466 Å². The maximum atomic E-state index is 12.6. The molecular formula is C50H61I9NO7-. The molecule has 0 spiro atoms. The van der Waals surface area contributed by atoms with Gasteiger partial charge in [0.05, 0.1) is 17.8 Å². The first-order chi connectivity index (χ1) is 31.7. The summed E-state index contributed by atoms with van der Waals surface area (Å²) in [6, 6.07) is 30.1. The van der Waals surface area contributed by atoms with Crippen LogP contribution in [0.2, 0.25) is 0 Å². The van der Waals surface area contributed by atoms with Crippen molar-refractivity contribution in [2.75, 3.05) is 13.1 Å². The number of hydrogen-bond acceptors (Lipinski definition) is 6. The number of carbonyl (C=O) groups excluding carboxylic acids is 3. The van der Waals surface area contributed by atoms with Crippen LogP contribution in [0.3, 0.4) is 0 Å². The molecule has 3 N–H and O–H groups in total. The monoisotopic (exact) mass is 1930 g/mol. The number of benzene rings is 4. The van der Waals surface area contributed by atoms with Gasteiger partial charge in [-0.25, -0.2) is 4.79 Å². The fourth-order valence-corrected chi connectivity index (χ4v) is 637. The van der Waals surface area contributed by atoms with Crippen LogP contribution >= 0.6 is 117 Å². The number of Topliss-reactive ketones (excluding diaryl/α,β-unsaturated/α-hetero) is 2. The molecule has 1 aliphatic heterocycles. The molecule has 0 radical (unpaired) electrons. The largest absolute Gasteiger partial charge is 0.478 e. The minimum Gasteiger partial charge on any atom is -0.478 e. The van der Waals surface area contributed by atoms with Crippen molar-refractivity contribution < 1.29 is 47.8 Å². The zero-order chi connectivity index (χ0) is 47.6. The average molecular weight is 1930 g/mol. The Balaban J connectivity index is 0.000000247. The van der Waals surface area contributed by atoms with E-state index in [0.29, 0.717) is 67.5 Å². The van der Waals surface area contributed by atoms with E-state index in [1.807, 2.05) is 4.90 Å². The van der Waals surface area contributed by atoms with Crippen molar-refractivity contribution in [1.29, 1.82) is 0 Å². The number of rotatable bonds is 19. The van der Waals surface area contributed by atoms with Crippen LogP contribution in [-0.2, 0) is 25.7 Å². The maximum Gasteiger partial charge on any atom is 0.335 e. The van der Waals surface area contributed by atoms with Crippen molar-refractivity contribution in [3.8, 4) is 0 Å². The van der Waals surface area contributed by atoms with Crippen molar-refractivity contribution >= 4 is 140 Å². The van der Waals surface area contributed by atoms with Gasteiger partial charge in [-0.05, 0) is 142 Å². The molecule has 2 aliphatic carbocycles. The first kappa shape index (κ1) is 61.2. The van der Waals surface area contributed by atoms with Crippen molar-refractivity contribution in [2.24, 2.45) is 11.8 Å². The number of carboxylic acid groups (broad SMARTS) is 1. The van der Waals surface area contributed by atoms with E-state index in [1.54, 1.807) is 24.3 Å². The third kappa shape index (κ3) is 21.1. The summed E-state index contributed by atoms with van der Waals surface area (Å²) in [6.07, 6.45) is 11.8. The van der Waals surface area contributed by atoms with Crippen LogP contribution in [0.25, 0.3) is 0 Å². The van der Waals surface area contributed by atoms with Crippen LogP contribution in [-0.4, -0.2) is 69.0 Å². The topological polar surface area (TPSA) is 132 Å². The Morgan fingerprint density at radius 1 is 0.582 bits per heavy atom. The molecule has 1 heterocycles. The number of fused-ring (bicyclic) bond motifs is 2. The molecule has 2 unspecified atom stereocenters. The SMILES string of the molecule is C.I[I-]I(I)I(I)I(I)I.O=C(CCC(O)CCC1Cc2ccccc2C1)c1ccc(C(=O)N2CCCCC2)cc1.O=C(O)c1ccc(C(=O)CCC(O)CCC2Cc3ccccc3C2)cc1. The number of amides is 1. The fourth-order valence-electron chi connectivity index (χ4n) is 8.66. The summed E-state index contributed by atoms with van der Waals surface area (Å²) in [7, 11) is -0.795. The van der Waals surface area contributed by atoms with Crippen LogP contribution < -0.4 is 13.3 Å². The summed E-state index contributed by atoms with van der Waals surface area (Å²) in [5, 5.41) is 29.5. The molecule has 8 nitrogen and oxygen atoms in total. The second-order valence-corrected chi connectivity index (χ2v) is 179. The number of carbonyl (C=O) groups is 4. The molecule has 17 heteroatoms. The second-order valence-electron chi connectivity index (χ2n) is 16.8. The van der Waals surface area contributed by atoms with Crippen LogP contribution in [0.1, 0.15) is 142 Å². The van der Waals surface area contributed by atoms with E-state index in [4.69, 9.17) is 5.11 Å². The number of halogens is 9. The number of aliphatic hydroxyl groups is 2. The summed E-state index contributed by atoms with van der Waals surface area (Å²) in [5.74, 6) is 0.212. The standard InChI is InChI=1S/C27H33NO3.C22H24O4.CH4.I9/c29-25(13-8-20-18-23-6-2-3-7-24(23)19-20)14-15-26(30)21-9-11-22(12-10-21)27(31)28-16-4-1-5-17-28;23-20(10-5-15-13-18-3-1-2-4-19(18)14-15)11-12-21(24)16-6-8-17(9-7-16)22(25)26;;1-6-8(4)9(5)7(2)3/h2-3,6-7,9-12,20,25,29H,1,4-5,8,13-19H2;1-4,6-9,15,20,23H,5,10-14H2,(H,25,26);1H4;/q;;;-1. The molecule has 4 aromatic carbocycles. The number of likely N-dealkylation sites (tertiary alicyclic amines) is 1. The molecule has 1 fully saturated rings. The van der Waals surface area contributed by atoms with E-state index in [1.165, 1.54) is 52.9 Å². The maximum absolute atomic E-state index is 12.6. The number of aromatic carboxylic acids is 1. The molecule has 0 aromatic heterocycles.